The van der Waals surface area contributed by atoms with Crippen molar-refractivity contribution in [1.29, 1.82) is 0 Å². The van der Waals surface area contributed by atoms with Gasteiger partial charge in [0.05, 0.1) is 18.2 Å². The zero-order valence-electron chi connectivity index (χ0n) is 19.7. The highest BCUT2D eigenvalue weighted by Gasteiger charge is 2.32. The van der Waals surface area contributed by atoms with Crippen LogP contribution in [0.3, 0.4) is 0 Å². The number of esters is 1. The number of carbonyl (C=O) groups excluding carboxylic acids is 2. The average Bonchev–Trinajstić information content (AvgIpc) is 3.03. The Morgan fingerprint density at radius 2 is 1.59 bits per heavy atom. The summed E-state index contributed by atoms with van der Waals surface area (Å²) in [5.41, 5.74) is 0.514. The van der Waals surface area contributed by atoms with Crippen molar-refractivity contribution < 1.29 is 32.2 Å². The molecule has 0 aromatic heterocycles. The Labute approximate surface area is 197 Å². The SMILES string of the molecule is COC(=O)c1ccc(-c2cc(C(F)(F)F)ccc2N2CCCN(C(=O)OC(C)(C)C)CC2)cc1. The molecule has 184 valence electrons. The predicted molar refractivity (Wildman–Crippen MR) is 123 cm³/mol. The number of benzene rings is 2. The van der Waals surface area contributed by atoms with Crippen LogP contribution in [0.5, 0.6) is 0 Å². The molecule has 1 heterocycles. The lowest BCUT2D eigenvalue weighted by Gasteiger charge is -2.28. The third-order valence-corrected chi connectivity index (χ3v) is 5.43. The van der Waals surface area contributed by atoms with E-state index in [4.69, 9.17) is 9.47 Å². The molecule has 3 rings (SSSR count). The molecule has 1 fully saturated rings. The van der Waals surface area contributed by atoms with Gasteiger partial charge in [0.25, 0.3) is 0 Å². The first-order valence-corrected chi connectivity index (χ1v) is 11.0. The van der Waals surface area contributed by atoms with Crippen molar-refractivity contribution in [3.63, 3.8) is 0 Å². The Kier molecular flexibility index (Phi) is 7.43. The first kappa shape index (κ1) is 25.4. The molecular formula is C25H29F3N2O4. The summed E-state index contributed by atoms with van der Waals surface area (Å²) in [6.45, 7) is 7.29. The Hall–Kier alpha value is -3.23. The van der Waals surface area contributed by atoms with E-state index in [2.05, 4.69) is 0 Å². The molecule has 34 heavy (non-hydrogen) atoms. The van der Waals surface area contributed by atoms with Crippen LogP contribution < -0.4 is 4.90 Å². The highest BCUT2D eigenvalue weighted by Crippen LogP contribution is 2.38. The van der Waals surface area contributed by atoms with Crippen LogP contribution in [0, 0.1) is 0 Å². The summed E-state index contributed by atoms with van der Waals surface area (Å²) in [7, 11) is 1.26. The Morgan fingerprint density at radius 1 is 0.912 bits per heavy atom. The van der Waals surface area contributed by atoms with Crippen LogP contribution in [0.25, 0.3) is 11.1 Å². The second-order valence-electron chi connectivity index (χ2n) is 9.11. The lowest BCUT2D eigenvalue weighted by molar-refractivity contribution is -0.137. The summed E-state index contributed by atoms with van der Waals surface area (Å²) in [4.78, 5) is 27.8. The van der Waals surface area contributed by atoms with E-state index in [9.17, 15) is 22.8 Å². The second kappa shape index (κ2) is 9.95. The summed E-state index contributed by atoms with van der Waals surface area (Å²) in [6.07, 6.45) is -4.26. The molecule has 1 aliphatic heterocycles. The smallest absolute Gasteiger partial charge is 0.416 e. The van der Waals surface area contributed by atoms with Gasteiger partial charge in [-0.05, 0) is 63.1 Å². The van der Waals surface area contributed by atoms with Gasteiger partial charge in [0, 0.05) is 37.4 Å². The molecule has 1 saturated heterocycles. The van der Waals surface area contributed by atoms with Crippen LogP contribution in [-0.2, 0) is 15.7 Å². The third-order valence-electron chi connectivity index (χ3n) is 5.43. The van der Waals surface area contributed by atoms with Gasteiger partial charge >= 0.3 is 18.2 Å². The van der Waals surface area contributed by atoms with Gasteiger partial charge in [-0.3, -0.25) is 0 Å². The molecule has 1 amide bonds. The van der Waals surface area contributed by atoms with Crippen molar-refractivity contribution in [3.8, 4) is 11.1 Å². The van der Waals surface area contributed by atoms with Crippen molar-refractivity contribution in [2.24, 2.45) is 0 Å². The summed E-state index contributed by atoms with van der Waals surface area (Å²) >= 11 is 0. The summed E-state index contributed by atoms with van der Waals surface area (Å²) in [5.74, 6) is -0.523. The Balaban J connectivity index is 1.92. The molecule has 2 aromatic rings. The van der Waals surface area contributed by atoms with Crippen LogP contribution >= 0.6 is 0 Å². The fourth-order valence-corrected chi connectivity index (χ4v) is 3.79. The molecule has 2 aromatic carbocycles. The van der Waals surface area contributed by atoms with E-state index in [0.717, 1.165) is 12.1 Å². The van der Waals surface area contributed by atoms with Crippen LogP contribution in [0.15, 0.2) is 42.5 Å². The molecule has 0 saturated carbocycles. The number of amides is 1. The van der Waals surface area contributed by atoms with Crippen LogP contribution in [0.2, 0.25) is 0 Å². The molecule has 0 bridgehead atoms. The van der Waals surface area contributed by atoms with E-state index in [1.807, 2.05) is 4.90 Å². The summed E-state index contributed by atoms with van der Waals surface area (Å²) in [5, 5.41) is 0. The van der Waals surface area contributed by atoms with Crippen LogP contribution in [0.4, 0.5) is 23.7 Å². The van der Waals surface area contributed by atoms with Crippen molar-refractivity contribution in [1.82, 2.24) is 4.90 Å². The highest BCUT2D eigenvalue weighted by atomic mass is 19.4. The van der Waals surface area contributed by atoms with Gasteiger partial charge in [0.1, 0.15) is 5.60 Å². The number of hydrogen-bond donors (Lipinski definition) is 0. The fraction of sp³-hybridized carbons (Fsp3) is 0.440. The van der Waals surface area contributed by atoms with Crippen molar-refractivity contribution in [2.75, 3.05) is 38.2 Å². The van der Waals surface area contributed by atoms with Gasteiger partial charge in [0.2, 0.25) is 0 Å². The van der Waals surface area contributed by atoms with E-state index in [1.165, 1.54) is 25.3 Å². The van der Waals surface area contributed by atoms with Crippen molar-refractivity contribution in [3.05, 3.63) is 53.6 Å². The van der Waals surface area contributed by atoms with Crippen LogP contribution in [0.1, 0.15) is 43.1 Å². The number of anilines is 1. The molecule has 0 radical (unpaired) electrons. The maximum atomic E-state index is 13.5. The molecule has 6 nitrogen and oxygen atoms in total. The number of carbonyl (C=O) groups is 2. The number of halogens is 3. The molecule has 9 heteroatoms. The topological polar surface area (TPSA) is 59.1 Å². The second-order valence-corrected chi connectivity index (χ2v) is 9.11. The van der Waals surface area contributed by atoms with E-state index in [1.54, 1.807) is 37.8 Å². The molecule has 0 N–H and O–H groups in total. The molecule has 0 spiro atoms. The average molecular weight is 479 g/mol. The molecule has 0 atom stereocenters. The Bertz CT molecular complexity index is 1030. The van der Waals surface area contributed by atoms with E-state index in [-0.39, 0.29) is 0 Å². The number of rotatable bonds is 3. The minimum absolute atomic E-state index is 0.308. The van der Waals surface area contributed by atoms with Crippen molar-refractivity contribution >= 4 is 17.7 Å². The Morgan fingerprint density at radius 3 is 2.18 bits per heavy atom. The lowest BCUT2D eigenvalue weighted by Crippen LogP contribution is -2.39. The zero-order chi connectivity index (χ0) is 25.1. The van der Waals surface area contributed by atoms with Crippen LogP contribution in [-0.4, -0.2) is 55.9 Å². The first-order chi connectivity index (χ1) is 15.9. The van der Waals surface area contributed by atoms with Gasteiger partial charge in [-0.2, -0.15) is 13.2 Å². The lowest BCUT2D eigenvalue weighted by atomic mass is 9.98. The highest BCUT2D eigenvalue weighted by molar-refractivity contribution is 5.90. The van der Waals surface area contributed by atoms with Gasteiger partial charge in [-0.1, -0.05) is 12.1 Å². The first-order valence-electron chi connectivity index (χ1n) is 11.0. The molecule has 1 aliphatic rings. The molecule has 0 unspecified atom stereocenters. The van der Waals surface area contributed by atoms with Gasteiger partial charge in [0.15, 0.2) is 0 Å². The van der Waals surface area contributed by atoms with Crippen molar-refractivity contribution in [2.45, 2.75) is 39.0 Å². The van der Waals surface area contributed by atoms with Gasteiger partial charge in [-0.15, -0.1) is 0 Å². The van der Waals surface area contributed by atoms with E-state index < -0.39 is 29.4 Å². The molecular weight excluding hydrogens is 449 g/mol. The quantitative estimate of drug-likeness (QED) is 0.537. The largest absolute Gasteiger partial charge is 0.465 e. The predicted octanol–water partition coefficient (Wildman–Crippen LogP) is 5.61. The summed E-state index contributed by atoms with van der Waals surface area (Å²) in [6, 6.07) is 9.93. The minimum Gasteiger partial charge on any atom is -0.465 e. The maximum Gasteiger partial charge on any atom is 0.416 e. The normalized spacial score (nSPS) is 15.0. The monoisotopic (exact) mass is 478 g/mol. The number of methoxy groups -OCH3 is 1. The van der Waals surface area contributed by atoms with E-state index in [0.29, 0.717) is 55.0 Å². The van der Waals surface area contributed by atoms with Gasteiger partial charge < -0.3 is 19.3 Å². The zero-order valence-corrected chi connectivity index (χ0v) is 19.7. The van der Waals surface area contributed by atoms with Gasteiger partial charge in [-0.25, -0.2) is 9.59 Å². The molecule has 0 aliphatic carbocycles. The minimum atomic E-state index is -4.49. The van der Waals surface area contributed by atoms with E-state index >= 15 is 0 Å². The fourth-order valence-electron chi connectivity index (χ4n) is 3.79. The number of hydrogen-bond acceptors (Lipinski definition) is 5. The number of ether oxygens (including phenoxy) is 2. The number of alkyl halides is 3. The number of nitrogens with zero attached hydrogens (tertiary/aromatic N) is 2. The summed E-state index contributed by atoms with van der Waals surface area (Å²) < 4.78 is 50.6. The standard InChI is InChI=1S/C25H29F3N2O4/c1-24(2,3)34-23(32)30-13-5-12-29(14-15-30)21-11-10-19(25(26,27)28)16-20(21)17-6-8-18(9-7-17)22(31)33-4/h6-11,16H,5,12-15H2,1-4H3. The maximum absolute atomic E-state index is 13.5. The third kappa shape index (κ3) is 6.21.